The molecule has 0 saturated heterocycles. The monoisotopic (exact) mass is 296 g/mol. The van der Waals surface area contributed by atoms with Gasteiger partial charge in [-0.1, -0.05) is 6.07 Å². The first kappa shape index (κ1) is 16.9. The third-order valence-electron chi connectivity index (χ3n) is 2.65. The van der Waals surface area contributed by atoms with Crippen molar-refractivity contribution in [1.29, 1.82) is 0 Å². The van der Waals surface area contributed by atoms with Gasteiger partial charge in [-0.2, -0.15) is 13.2 Å². The van der Waals surface area contributed by atoms with Crippen molar-refractivity contribution in [2.75, 3.05) is 26.9 Å². The van der Waals surface area contributed by atoms with Gasteiger partial charge in [-0.05, 0) is 17.7 Å². The van der Waals surface area contributed by atoms with E-state index < -0.39 is 23.7 Å². The van der Waals surface area contributed by atoms with Crippen LogP contribution < -0.4 is 0 Å². The number of aliphatic hydroxyl groups excluding tert-OH is 1. The highest BCUT2D eigenvalue weighted by atomic mass is 19.4. The maximum absolute atomic E-state index is 13.3. The molecule has 0 aliphatic rings. The van der Waals surface area contributed by atoms with E-state index >= 15 is 0 Å². The third kappa shape index (κ3) is 5.07. The maximum atomic E-state index is 13.3. The molecule has 0 spiro atoms. The lowest BCUT2D eigenvalue weighted by Crippen LogP contribution is -2.10. The summed E-state index contributed by atoms with van der Waals surface area (Å²) in [5.41, 5.74) is -1.25. The molecule has 7 heteroatoms. The van der Waals surface area contributed by atoms with Gasteiger partial charge < -0.3 is 14.6 Å². The molecule has 0 aliphatic carbocycles. The van der Waals surface area contributed by atoms with E-state index in [1.54, 1.807) is 0 Å². The minimum Gasteiger partial charge on any atom is -0.388 e. The molecule has 1 rings (SSSR count). The Balaban J connectivity index is 2.57. The fourth-order valence-electron chi connectivity index (χ4n) is 1.57. The Morgan fingerprint density at radius 3 is 2.45 bits per heavy atom. The molecular formula is C13H16F4O3. The van der Waals surface area contributed by atoms with Crippen molar-refractivity contribution in [2.45, 2.75) is 18.7 Å². The van der Waals surface area contributed by atoms with E-state index in [0.29, 0.717) is 25.3 Å². The maximum Gasteiger partial charge on any atom is 0.419 e. The second-order valence-electron chi connectivity index (χ2n) is 4.15. The first-order valence-corrected chi connectivity index (χ1v) is 5.97. The van der Waals surface area contributed by atoms with Crippen LogP contribution in [0.3, 0.4) is 0 Å². The van der Waals surface area contributed by atoms with Crippen LogP contribution in [0.1, 0.15) is 23.7 Å². The molecule has 1 aromatic rings. The van der Waals surface area contributed by atoms with Crippen molar-refractivity contribution < 1.29 is 32.1 Å². The highest BCUT2D eigenvalue weighted by molar-refractivity contribution is 5.27. The Bertz CT molecular complexity index is 421. The van der Waals surface area contributed by atoms with Crippen molar-refractivity contribution in [1.82, 2.24) is 0 Å². The standard InChI is InChI=1S/C13H16F4O3/c1-19-6-7-20-5-4-12(18)9-2-3-10(11(14)8-9)13(15,16)17/h2-3,8,12,18H,4-7H2,1H3. The molecule has 0 amide bonds. The highest BCUT2D eigenvalue weighted by Gasteiger charge is 2.34. The summed E-state index contributed by atoms with van der Waals surface area (Å²) in [5.74, 6) is -1.39. The number of hydrogen-bond donors (Lipinski definition) is 1. The fraction of sp³-hybridized carbons (Fsp3) is 0.538. The van der Waals surface area contributed by atoms with Crippen LogP contribution in [0.15, 0.2) is 18.2 Å². The third-order valence-corrected chi connectivity index (χ3v) is 2.65. The number of aliphatic hydroxyl groups is 1. The van der Waals surface area contributed by atoms with Crippen LogP contribution in [0.5, 0.6) is 0 Å². The van der Waals surface area contributed by atoms with Crippen LogP contribution in [0.2, 0.25) is 0 Å². The van der Waals surface area contributed by atoms with Crippen LogP contribution in [0.25, 0.3) is 0 Å². The molecule has 0 fully saturated rings. The van der Waals surface area contributed by atoms with E-state index in [1.165, 1.54) is 7.11 Å². The number of alkyl halides is 3. The van der Waals surface area contributed by atoms with Crippen LogP contribution in [-0.4, -0.2) is 32.0 Å². The summed E-state index contributed by atoms with van der Waals surface area (Å²) >= 11 is 0. The van der Waals surface area contributed by atoms with Gasteiger partial charge in [-0.3, -0.25) is 0 Å². The SMILES string of the molecule is COCCOCCC(O)c1ccc(C(F)(F)F)c(F)c1. The van der Waals surface area contributed by atoms with Crippen molar-refractivity contribution >= 4 is 0 Å². The molecule has 20 heavy (non-hydrogen) atoms. The number of halogens is 4. The molecular weight excluding hydrogens is 280 g/mol. The molecule has 0 bridgehead atoms. The summed E-state index contributed by atoms with van der Waals surface area (Å²) in [6.07, 6.45) is -5.65. The number of hydrogen-bond acceptors (Lipinski definition) is 3. The van der Waals surface area contributed by atoms with Crippen molar-refractivity contribution in [3.05, 3.63) is 35.1 Å². The van der Waals surface area contributed by atoms with Crippen molar-refractivity contribution in [3.63, 3.8) is 0 Å². The van der Waals surface area contributed by atoms with Crippen LogP contribution in [0, 0.1) is 5.82 Å². The van der Waals surface area contributed by atoms with Crippen molar-refractivity contribution in [3.8, 4) is 0 Å². The Morgan fingerprint density at radius 1 is 1.20 bits per heavy atom. The molecule has 114 valence electrons. The zero-order chi connectivity index (χ0) is 15.2. The lowest BCUT2D eigenvalue weighted by molar-refractivity contribution is -0.140. The van der Waals surface area contributed by atoms with E-state index in [4.69, 9.17) is 9.47 Å². The minimum atomic E-state index is -4.74. The van der Waals surface area contributed by atoms with Gasteiger partial charge in [0.2, 0.25) is 0 Å². The van der Waals surface area contributed by atoms with Gasteiger partial charge in [0.15, 0.2) is 0 Å². The predicted molar refractivity (Wildman–Crippen MR) is 63.7 cm³/mol. The lowest BCUT2D eigenvalue weighted by Gasteiger charge is -2.14. The highest BCUT2D eigenvalue weighted by Crippen LogP contribution is 2.32. The Labute approximate surface area is 114 Å². The summed E-state index contributed by atoms with van der Waals surface area (Å²) in [4.78, 5) is 0. The van der Waals surface area contributed by atoms with Crippen LogP contribution in [0.4, 0.5) is 17.6 Å². The van der Waals surface area contributed by atoms with E-state index in [-0.39, 0.29) is 18.6 Å². The first-order chi connectivity index (χ1) is 9.36. The van der Waals surface area contributed by atoms with E-state index in [1.807, 2.05) is 0 Å². The molecule has 1 atom stereocenters. The van der Waals surface area contributed by atoms with E-state index in [9.17, 15) is 22.7 Å². The number of methoxy groups -OCH3 is 1. The first-order valence-electron chi connectivity index (χ1n) is 5.97. The molecule has 3 nitrogen and oxygen atoms in total. The summed E-state index contributed by atoms with van der Waals surface area (Å²) in [6.45, 7) is 0.961. The zero-order valence-corrected chi connectivity index (χ0v) is 10.9. The lowest BCUT2D eigenvalue weighted by atomic mass is 10.0. The van der Waals surface area contributed by atoms with E-state index in [2.05, 4.69) is 0 Å². The topological polar surface area (TPSA) is 38.7 Å². The average Bonchev–Trinajstić information content (AvgIpc) is 2.36. The summed E-state index contributed by atoms with van der Waals surface area (Å²) in [7, 11) is 1.52. The quantitative estimate of drug-likeness (QED) is 0.621. The molecule has 1 N–H and O–H groups in total. The molecule has 0 aromatic heterocycles. The number of benzene rings is 1. The van der Waals surface area contributed by atoms with Crippen molar-refractivity contribution in [2.24, 2.45) is 0 Å². The molecule has 0 radical (unpaired) electrons. The van der Waals surface area contributed by atoms with Gasteiger partial charge >= 0.3 is 6.18 Å². The van der Waals surface area contributed by atoms with Gasteiger partial charge in [0, 0.05) is 20.1 Å². The van der Waals surface area contributed by atoms with Gasteiger partial charge in [0.05, 0.1) is 24.9 Å². The Kier molecular flexibility index (Phi) is 6.38. The number of ether oxygens (including phenoxy) is 2. The summed E-state index contributed by atoms with van der Waals surface area (Å²) in [5, 5.41) is 9.74. The Hall–Kier alpha value is -1.18. The fourth-order valence-corrected chi connectivity index (χ4v) is 1.57. The largest absolute Gasteiger partial charge is 0.419 e. The molecule has 0 heterocycles. The second-order valence-corrected chi connectivity index (χ2v) is 4.15. The minimum absolute atomic E-state index is 0.0887. The van der Waals surface area contributed by atoms with Gasteiger partial charge in [0.1, 0.15) is 5.82 Å². The summed E-state index contributed by atoms with van der Waals surface area (Å²) < 4.78 is 60.3. The normalized spacial score (nSPS) is 13.5. The molecule has 0 saturated carbocycles. The second kappa shape index (κ2) is 7.56. The molecule has 1 aromatic carbocycles. The van der Waals surface area contributed by atoms with Crippen LogP contribution in [-0.2, 0) is 15.7 Å². The van der Waals surface area contributed by atoms with E-state index in [0.717, 1.165) is 6.07 Å². The number of rotatable bonds is 7. The average molecular weight is 296 g/mol. The van der Waals surface area contributed by atoms with Gasteiger partial charge in [-0.15, -0.1) is 0 Å². The molecule has 1 unspecified atom stereocenters. The van der Waals surface area contributed by atoms with Crippen LogP contribution >= 0.6 is 0 Å². The smallest absolute Gasteiger partial charge is 0.388 e. The predicted octanol–water partition coefficient (Wildman–Crippen LogP) is 2.93. The van der Waals surface area contributed by atoms with Gasteiger partial charge in [0.25, 0.3) is 0 Å². The zero-order valence-electron chi connectivity index (χ0n) is 10.9. The van der Waals surface area contributed by atoms with Gasteiger partial charge in [-0.25, -0.2) is 4.39 Å². The summed E-state index contributed by atoms with van der Waals surface area (Å²) in [6, 6.07) is 2.38. The molecule has 0 aliphatic heterocycles. The Morgan fingerprint density at radius 2 is 1.90 bits per heavy atom.